The zero-order valence-electron chi connectivity index (χ0n) is 18.8. The Hall–Kier alpha value is -3.48. The number of nitrogens with zero attached hydrogens (tertiary/aromatic N) is 4. The lowest BCUT2D eigenvalue weighted by Gasteiger charge is -2.38. The molecule has 7 heteroatoms. The van der Waals surface area contributed by atoms with E-state index in [-0.39, 0.29) is 29.8 Å². The number of Topliss-reactive ketones (excluding diaryl/α,β-unsaturated/α-hetero) is 1. The molecule has 1 aliphatic heterocycles. The smallest absolute Gasteiger partial charge is 0.256 e. The quantitative estimate of drug-likeness (QED) is 0.529. The standard InChI is InChI=1S/C26H28N4O3/c1-18-13-14-20(33-24-12-5-3-10-22(24)25(31)19-7-6-8-19)17-29(18)26(32)21-9-2-4-11-23(21)30-27-15-16-28-30/h2-5,9-12,15-16,18-20H,6-8,13-14,17H2,1H3. The van der Waals surface area contributed by atoms with Gasteiger partial charge in [0.1, 0.15) is 11.9 Å². The third kappa shape index (κ3) is 4.27. The summed E-state index contributed by atoms with van der Waals surface area (Å²) in [5, 5.41) is 8.39. The molecule has 2 fully saturated rings. The summed E-state index contributed by atoms with van der Waals surface area (Å²) < 4.78 is 6.35. The molecule has 1 saturated heterocycles. The second-order valence-electron chi connectivity index (χ2n) is 8.95. The van der Waals surface area contributed by atoms with Gasteiger partial charge < -0.3 is 9.64 Å². The molecule has 0 radical (unpaired) electrons. The first-order valence-corrected chi connectivity index (χ1v) is 11.7. The van der Waals surface area contributed by atoms with Crippen molar-refractivity contribution in [1.29, 1.82) is 0 Å². The lowest BCUT2D eigenvalue weighted by atomic mass is 9.80. The first-order chi connectivity index (χ1) is 16.1. The van der Waals surface area contributed by atoms with Gasteiger partial charge in [-0.05, 0) is 56.9 Å². The Bertz CT molecular complexity index is 1140. The minimum atomic E-state index is -0.171. The van der Waals surface area contributed by atoms with Crippen LogP contribution in [0.1, 0.15) is 59.7 Å². The molecule has 5 rings (SSSR count). The Kier molecular flexibility index (Phi) is 5.94. The van der Waals surface area contributed by atoms with E-state index in [4.69, 9.17) is 4.74 Å². The van der Waals surface area contributed by atoms with Crippen LogP contribution in [-0.2, 0) is 0 Å². The van der Waals surface area contributed by atoms with Crippen molar-refractivity contribution in [2.75, 3.05) is 6.54 Å². The maximum Gasteiger partial charge on any atom is 0.256 e. The average Bonchev–Trinajstić information content (AvgIpc) is 3.34. The number of amides is 1. The van der Waals surface area contributed by atoms with E-state index in [9.17, 15) is 9.59 Å². The Morgan fingerprint density at radius 2 is 1.61 bits per heavy atom. The maximum absolute atomic E-state index is 13.6. The minimum absolute atomic E-state index is 0.0671. The van der Waals surface area contributed by atoms with Crippen LogP contribution in [0.2, 0.25) is 0 Å². The molecule has 2 aromatic carbocycles. The summed E-state index contributed by atoms with van der Waals surface area (Å²) in [5.74, 6) is 0.853. The van der Waals surface area contributed by atoms with Gasteiger partial charge in [0.2, 0.25) is 0 Å². The normalized spacial score (nSPS) is 20.8. The van der Waals surface area contributed by atoms with Crippen LogP contribution in [0.15, 0.2) is 60.9 Å². The van der Waals surface area contributed by atoms with Crippen molar-refractivity contribution >= 4 is 11.7 Å². The molecule has 2 aliphatic rings. The fourth-order valence-electron chi connectivity index (χ4n) is 4.62. The fourth-order valence-corrected chi connectivity index (χ4v) is 4.62. The monoisotopic (exact) mass is 444 g/mol. The summed E-state index contributed by atoms with van der Waals surface area (Å²) in [4.78, 5) is 29.8. The topological polar surface area (TPSA) is 77.3 Å². The van der Waals surface area contributed by atoms with Crippen LogP contribution in [0, 0.1) is 5.92 Å². The molecule has 3 aromatic rings. The number of para-hydroxylation sites is 2. The third-order valence-corrected chi connectivity index (χ3v) is 6.79. The number of carbonyl (C=O) groups is 2. The highest BCUT2D eigenvalue weighted by atomic mass is 16.5. The number of aromatic nitrogens is 3. The van der Waals surface area contributed by atoms with Crippen LogP contribution in [0.5, 0.6) is 5.75 Å². The number of ketones is 1. The molecular weight excluding hydrogens is 416 g/mol. The van der Waals surface area contributed by atoms with Crippen molar-refractivity contribution in [1.82, 2.24) is 19.9 Å². The molecular formula is C26H28N4O3. The highest BCUT2D eigenvalue weighted by molar-refractivity contribution is 6.00. The predicted octanol–water partition coefficient (Wildman–Crippen LogP) is 4.32. The zero-order valence-corrected chi connectivity index (χ0v) is 18.8. The van der Waals surface area contributed by atoms with Crippen molar-refractivity contribution in [2.24, 2.45) is 5.92 Å². The number of hydrogen-bond donors (Lipinski definition) is 0. The van der Waals surface area contributed by atoms with Crippen LogP contribution < -0.4 is 4.74 Å². The van der Waals surface area contributed by atoms with Gasteiger partial charge in [0.05, 0.1) is 35.8 Å². The number of ether oxygens (including phenoxy) is 1. The highest BCUT2D eigenvalue weighted by Crippen LogP contribution is 2.34. The first-order valence-electron chi connectivity index (χ1n) is 11.7. The van der Waals surface area contributed by atoms with Crippen LogP contribution in [-0.4, -0.2) is 50.3 Å². The minimum Gasteiger partial charge on any atom is -0.488 e. The number of carbonyl (C=O) groups excluding carboxylic acids is 2. The molecule has 33 heavy (non-hydrogen) atoms. The molecule has 0 N–H and O–H groups in total. The Morgan fingerprint density at radius 1 is 0.909 bits per heavy atom. The van der Waals surface area contributed by atoms with Gasteiger partial charge in [-0.2, -0.15) is 15.0 Å². The van der Waals surface area contributed by atoms with E-state index in [1.54, 1.807) is 12.4 Å². The van der Waals surface area contributed by atoms with Gasteiger partial charge in [-0.25, -0.2) is 0 Å². The molecule has 0 spiro atoms. The molecule has 1 saturated carbocycles. The van der Waals surface area contributed by atoms with Crippen molar-refractivity contribution in [3.63, 3.8) is 0 Å². The van der Waals surface area contributed by atoms with Crippen molar-refractivity contribution < 1.29 is 14.3 Å². The number of benzene rings is 2. The summed E-state index contributed by atoms with van der Waals surface area (Å²) in [6, 6.07) is 15.0. The summed E-state index contributed by atoms with van der Waals surface area (Å²) in [5.41, 5.74) is 1.87. The molecule has 7 nitrogen and oxygen atoms in total. The first kappa shape index (κ1) is 21.4. The number of piperidine rings is 1. The number of likely N-dealkylation sites (tertiary alicyclic amines) is 1. The van der Waals surface area contributed by atoms with Crippen LogP contribution in [0.25, 0.3) is 5.69 Å². The van der Waals surface area contributed by atoms with Gasteiger partial charge >= 0.3 is 0 Å². The van der Waals surface area contributed by atoms with E-state index in [0.717, 1.165) is 32.1 Å². The van der Waals surface area contributed by atoms with Crippen LogP contribution in [0.3, 0.4) is 0 Å². The van der Waals surface area contributed by atoms with Crippen molar-refractivity contribution in [3.8, 4) is 11.4 Å². The Labute approximate surface area is 193 Å². The molecule has 2 heterocycles. The molecule has 2 unspecified atom stereocenters. The van der Waals surface area contributed by atoms with Crippen LogP contribution >= 0.6 is 0 Å². The van der Waals surface area contributed by atoms with Gasteiger partial charge in [0, 0.05) is 12.0 Å². The van der Waals surface area contributed by atoms with Crippen molar-refractivity contribution in [2.45, 2.75) is 51.2 Å². The van der Waals surface area contributed by atoms with Crippen LogP contribution in [0.4, 0.5) is 0 Å². The van der Waals surface area contributed by atoms with Gasteiger partial charge in [0.15, 0.2) is 5.78 Å². The third-order valence-electron chi connectivity index (χ3n) is 6.79. The molecule has 1 aliphatic carbocycles. The fraction of sp³-hybridized carbons (Fsp3) is 0.385. The van der Waals surface area contributed by atoms with Crippen molar-refractivity contribution in [3.05, 3.63) is 72.1 Å². The molecule has 1 aromatic heterocycles. The average molecular weight is 445 g/mol. The summed E-state index contributed by atoms with van der Waals surface area (Å²) >= 11 is 0. The second-order valence-corrected chi connectivity index (χ2v) is 8.95. The van der Waals surface area contributed by atoms with Gasteiger partial charge in [-0.3, -0.25) is 9.59 Å². The van der Waals surface area contributed by atoms with E-state index >= 15 is 0 Å². The maximum atomic E-state index is 13.6. The van der Waals surface area contributed by atoms with E-state index < -0.39 is 0 Å². The Morgan fingerprint density at radius 3 is 2.33 bits per heavy atom. The summed E-state index contributed by atoms with van der Waals surface area (Å²) in [6.07, 6.45) is 7.72. The number of rotatable bonds is 6. The molecule has 0 bridgehead atoms. The van der Waals surface area contributed by atoms with E-state index in [1.165, 1.54) is 4.80 Å². The van der Waals surface area contributed by atoms with Gasteiger partial charge in [0.25, 0.3) is 5.91 Å². The largest absolute Gasteiger partial charge is 0.488 e. The predicted molar refractivity (Wildman–Crippen MR) is 124 cm³/mol. The second kappa shape index (κ2) is 9.17. The molecule has 170 valence electrons. The van der Waals surface area contributed by atoms with Gasteiger partial charge in [-0.1, -0.05) is 30.7 Å². The molecule has 2 atom stereocenters. The summed E-state index contributed by atoms with van der Waals surface area (Å²) in [6.45, 7) is 2.53. The zero-order chi connectivity index (χ0) is 22.8. The lowest BCUT2D eigenvalue weighted by Crippen LogP contribution is -2.49. The van der Waals surface area contributed by atoms with E-state index in [0.29, 0.717) is 29.1 Å². The Balaban J connectivity index is 1.35. The number of hydrogen-bond acceptors (Lipinski definition) is 5. The lowest BCUT2D eigenvalue weighted by molar-refractivity contribution is 0.0379. The molecule has 1 amide bonds. The van der Waals surface area contributed by atoms with Gasteiger partial charge in [-0.15, -0.1) is 0 Å². The summed E-state index contributed by atoms with van der Waals surface area (Å²) in [7, 11) is 0. The van der Waals surface area contributed by atoms with E-state index in [2.05, 4.69) is 17.1 Å². The van der Waals surface area contributed by atoms with E-state index in [1.807, 2.05) is 53.4 Å². The highest BCUT2D eigenvalue weighted by Gasteiger charge is 2.33. The SMILES string of the molecule is CC1CCC(Oc2ccccc2C(=O)C2CCC2)CN1C(=O)c1ccccc1-n1nccn1.